The van der Waals surface area contributed by atoms with Gasteiger partial charge in [0.1, 0.15) is 18.3 Å². The predicted molar refractivity (Wildman–Crippen MR) is 114 cm³/mol. The minimum Gasteiger partial charge on any atom is -0.453 e. The summed E-state index contributed by atoms with van der Waals surface area (Å²) in [5, 5.41) is 11.1. The fourth-order valence-electron chi connectivity index (χ4n) is 4.05. The van der Waals surface area contributed by atoms with Crippen LogP contribution >= 0.6 is 23.2 Å². The minimum absolute atomic E-state index is 0.130. The first kappa shape index (κ1) is 23.9. The summed E-state index contributed by atoms with van der Waals surface area (Å²) in [6.45, 7) is 11.0. The van der Waals surface area contributed by atoms with Gasteiger partial charge in [0.15, 0.2) is 30.1 Å². The zero-order chi connectivity index (χ0) is 23.4. The summed E-state index contributed by atoms with van der Waals surface area (Å²) < 4.78 is 35.0. The van der Waals surface area contributed by atoms with Crippen molar-refractivity contribution in [1.82, 2.24) is 0 Å². The standard InChI is InChI=1S/C22H26Cl2O8/c1-10(15(25)11-7-6-8-12(23)14(11)24)19(26)28-17-16(13-9-27-21(2,3)30-13)29-20-18(17)31-22(4,5)32-20/h6-8,13,15-18,20,25H,1,9H2,2-5H3/t13-,15?,16-,17+,18-,20-/m1/s1. The van der Waals surface area contributed by atoms with Gasteiger partial charge in [-0.15, -0.1) is 0 Å². The number of aliphatic hydroxyl groups is 1. The molecule has 3 saturated heterocycles. The van der Waals surface area contributed by atoms with Crippen LogP contribution in [0.3, 0.4) is 0 Å². The molecule has 3 aliphatic heterocycles. The van der Waals surface area contributed by atoms with Crippen LogP contribution in [0.1, 0.15) is 39.4 Å². The molecule has 0 spiro atoms. The molecule has 4 rings (SSSR count). The van der Waals surface area contributed by atoms with Crippen LogP contribution in [0.5, 0.6) is 0 Å². The second-order valence-corrected chi connectivity index (χ2v) is 9.66. The number of esters is 1. The monoisotopic (exact) mass is 488 g/mol. The zero-order valence-corrected chi connectivity index (χ0v) is 19.7. The normalized spacial score (nSPS) is 33.7. The second-order valence-electron chi connectivity index (χ2n) is 8.88. The van der Waals surface area contributed by atoms with Crippen molar-refractivity contribution in [3.8, 4) is 0 Å². The maximum atomic E-state index is 13.0. The number of rotatable bonds is 5. The Morgan fingerprint density at radius 1 is 1.16 bits per heavy atom. The number of carbonyl (C=O) groups excluding carboxylic acids is 1. The van der Waals surface area contributed by atoms with Crippen LogP contribution < -0.4 is 0 Å². The van der Waals surface area contributed by atoms with Crippen molar-refractivity contribution < 1.29 is 38.3 Å². The van der Waals surface area contributed by atoms with Gasteiger partial charge in [-0.05, 0) is 33.8 Å². The number of carbonyl (C=O) groups is 1. The smallest absolute Gasteiger partial charge is 0.336 e. The molecule has 8 nitrogen and oxygen atoms in total. The molecule has 0 aliphatic carbocycles. The Balaban J connectivity index is 1.53. The van der Waals surface area contributed by atoms with E-state index in [2.05, 4.69) is 6.58 Å². The third kappa shape index (κ3) is 4.56. The number of hydrogen-bond donors (Lipinski definition) is 1. The van der Waals surface area contributed by atoms with Crippen molar-refractivity contribution in [2.75, 3.05) is 6.61 Å². The Morgan fingerprint density at radius 3 is 2.53 bits per heavy atom. The van der Waals surface area contributed by atoms with E-state index in [0.717, 1.165) is 0 Å². The number of fused-ring (bicyclic) bond motifs is 1. The molecule has 3 aliphatic rings. The largest absolute Gasteiger partial charge is 0.453 e. The van der Waals surface area contributed by atoms with Crippen molar-refractivity contribution >= 4 is 29.2 Å². The van der Waals surface area contributed by atoms with Gasteiger partial charge in [-0.1, -0.05) is 41.9 Å². The van der Waals surface area contributed by atoms with Gasteiger partial charge in [-0.25, -0.2) is 4.79 Å². The summed E-state index contributed by atoms with van der Waals surface area (Å²) in [6.07, 6.45) is -4.94. The zero-order valence-electron chi connectivity index (χ0n) is 18.2. The fourth-order valence-corrected chi connectivity index (χ4v) is 4.46. The summed E-state index contributed by atoms with van der Waals surface area (Å²) in [7, 11) is 0. The highest BCUT2D eigenvalue weighted by Crippen LogP contribution is 2.42. The SMILES string of the molecule is C=C(C(=O)O[C@@H]1[C@H]2OC(C)(C)O[C@H]2O[C@@H]1[C@H]1COC(C)(C)O1)C(O)c1cccc(Cl)c1Cl. The van der Waals surface area contributed by atoms with Crippen molar-refractivity contribution in [1.29, 1.82) is 0 Å². The lowest BCUT2D eigenvalue weighted by molar-refractivity contribution is -0.235. The highest BCUT2D eigenvalue weighted by Gasteiger charge is 2.60. The summed E-state index contributed by atoms with van der Waals surface area (Å²) >= 11 is 12.2. The number of hydrogen-bond acceptors (Lipinski definition) is 8. The van der Waals surface area contributed by atoms with Gasteiger partial charge in [-0.2, -0.15) is 0 Å². The molecule has 10 heteroatoms. The van der Waals surface area contributed by atoms with Crippen LogP contribution in [0.25, 0.3) is 0 Å². The van der Waals surface area contributed by atoms with Crippen LogP contribution in [0.4, 0.5) is 0 Å². The van der Waals surface area contributed by atoms with E-state index in [1.807, 2.05) is 0 Å². The van der Waals surface area contributed by atoms with E-state index in [1.165, 1.54) is 0 Å². The first-order valence-electron chi connectivity index (χ1n) is 10.2. The third-order valence-corrected chi connectivity index (χ3v) is 6.37. The summed E-state index contributed by atoms with van der Waals surface area (Å²) in [5.74, 6) is -2.55. The maximum absolute atomic E-state index is 13.0. The maximum Gasteiger partial charge on any atom is 0.336 e. The molecule has 1 aromatic carbocycles. The van der Waals surface area contributed by atoms with Crippen LogP contribution in [-0.4, -0.2) is 60.0 Å². The molecule has 0 aromatic heterocycles. The van der Waals surface area contributed by atoms with Crippen LogP contribution in [-0.2, 0) is 33.2 Å². The third-order valence-electron chi connectivity index (χ3n) is 5.54. The van der Waals surface area contributed by atoms with Crippen molar-refractivity contribution in [2.45, 2.75) is 76.1 Å². The quantitative estimate of drug-likeness (QED) is 0.496. The lowest BCUT2D eigenvalue weighted by Crippen LogP contribution is -2.45. The van der Waals surface area contributed by atoms with Gasteiger partial charge >= 0.3 is 5.97 Å². The lowest BCUT2D eigenvalue weighted by Gasteiger charge is -2.29. The second kappa shape index (κ2) is 8.52. The molecule has 1 N–H and O–H groups in total. The molecule has 3 heterocycles. The van der Waals surface area contributed by atoms with Crippen LogP contribution in [0.15, 0.2) is 30.4 Å². The van der Waals surface area contributed by atoms with E-state index in [9.17, 15) is 9.90 Å². The van der Waals surface area contributed by atoms with Gasteiger partial charge in [-0.3, -0.25) is 0 Å². The molecule has 0 radical (unpaired) electrons. The molecular formula is C22H26Cl2O8. The van der Waals surface area contributed by atoms with Crippen molar-refractivity contribution in [2.24, 2.45) is 0 Å². The molecule has 0 saturated carbocycles. The molecule has 0 amide bonds. The number of halogens is 2. The first-order chi connectivity index (χ1) is 14.9. The fraction of sp³-hybridized carbons (Fsp3) is 0.591. The molecule has 0 bridgehead atoms. The van der Waals surface area contributed by atoms with E-state index < -0.39 is 54.4 Å². The van der Waals surface area contributed by atoms with Crippen LogP contribution in [0.2, 0.25) is 10.0 Å². The van der Waals surface area contributed by atoms with E-state index in [-0.39, 0.29) is 27.8 Å². The van der Waals surface area contributed by atoms with E-state index >= 15 is 0 Å². The van der Waals surface area contributed by atoms with Gasteiger partial charge in [0.25, 0.3) is 0 Å². The lowest BCUT2D eigenvalue weighted by atomic mass is 10.0. The first-order valence-corrected chi connectivity index (χ1v) is 11.0. The summed E-state index contributed by atoms with van der Waals surface area (Å²) in [6, 6.07) is 4.74. The van der Waals surface area contributed by atoms with Gasteiger partial charge in [0.2, 0.25) is 0 Å². The number of aliphatic hydroxyl groups excluding tert-OH is 1. The Hall–Kier alpha value is -1.23. The average Bonchev–Trinajstić information content (AvgIpc) is 3.32. The molecule has 6 atom stereocenters. The molecule has 1 aromatic rings. The summed E-state index contributed by atoms with van der Waals surface area (Å²) in [4.78, 5) is 13.0. The molecule has 32 heavy (non-hydrogen) atoms. The minimum atomic E-state index is -1.41. The topological polar surface area (TPSA) is 92.7 Å². The number of ether oxygens (including phenoxy) is 6. The van der Waals surface area contributed by atoms with E-state index in [1.54, 1.807) is 45.9 Å². The predicted octanol–water partition coefficient (Wildman–Crippen LogP) is 3.52. The number of benzene rings is 1. The Bertz CT molecular complexity index is 917. The Kier molecular flexibility index (Phi) is 6.37. The molecule has 176 valence electrons. The van der Waals surface area contributed by atoms with Gasteiger partial charge < -0.3 is 33.5 Å². The van der Waals surface area contributed by atoms with E-state index in [0.29, 0.717) is 0 Å². The van der Waals surface area contributed by atoms with Gasteiger partial charge in [0, 0.05) is 5.56 Å². The highest BCUT2D eigenvalue weighted by molar-refractivity contribution is 6.42. The van der Waals surface area contributed by atoms with Gasteiger partial charge in [0.05, 0.1) is 22.2 Å². The van der Waals surface area contributed by atoms with E-state index in [4.69, 9.17) is 51.6 Å². The molecule has 3 fully saturated rings. The molecule has 1 unspecified atom stereocenters. The highest BCUT2D eigenvalue weighted by atomic mass is 35.5. The Labute approximate surface area is 196 Å². The summed E-state index contributed by atoms with van der Waals surface area (Å²) in [5.41, 5.74) is 0.0348. The van der Waals surface area contributed by atoms with Crippen LogP contribution in [0, 0.1) is 0 Å². The average molecular weight is 489 g/mol. The Morgan fingerprint density at radius 2 is 1.88 bits per heavy atom. The van der Waals surface area contributed by atoms with Crippen molar-refractivity contribution in [3.63, 3.8) is 0 Å². The van der Waals surface area contributed by atoms with Crippen molar-refractivity contribution in [3.05, 3.63) is 46.0 Å². The molecular weight excluding hydrogens is 463 g/mol.